The van der Waals surface area contributed by atoms with Gasteiger partial charge < -0.3 is 9.47 Å². The van der Waals surface area contributed by atoms with E-state index >= 15 is 0 Å². The Labute approximate surface area is 159 Å². The van der Waals surface area contributed by atoms with Gasteiger partial charge in [0.05, 0.1) is 0 Å². The van der Waals surface area contributed by atoms with E-state index in [1.54, 1.807) is 7.11 Å². The molecule has 0 aromatic carbocycles. The van der Waals surface area contributed by atoms with Crippen LogP contribution in [-0.2, 0) is 14.3 Å². The van der Waals surface area contributed by atoms with E-state index < -0.39 is 5.60 Å². The van der Waals surface area contributed by atoms with Crippen molar-refractivity contribution in [1.29, 1.82) is 0 Å². The van der Waals surface area contributed by atoms with E-state index in [9.17, 15) is 4.79 Å². The van der Waals surface area contributed by atoms with Gasteiger partial charge in [-0.1, -0.05) is 42.9 Å². The maximum absolute atomic E-state index is 10.8. The lowest BCUT2D eigenvalue weighted by Gasteiger charge is -2.33. The number of hydrogen-bond acceptors (Lipinski definition) is 3. The number of methoxy groups -OCH3 is 1. The summed E-state index contributed by atoms with van der Waals surface area (Å²) in [7, 11) is 1.69. The first-order valence-electron chi connectivity index (χ1n) is 9.33. The fourth-order valence-electron chi connectivity index (χ4n) is 3.15. The van der Waals surface area contributed by atoms with E-state index in [1.165, 1.54) is 37.3 Å². The molecule has 0 heterocycles. The zero-order valence-corrected chi connectivity index (χ0v) is 17.5. The molecule has 0 fully saturated rings. The highest BCUT2D eigenvalue weighted by Crippen LogP contribution is 2.41. The van der Waals surface area contributed by atoms with Crippen molar-refractivity contribution in [2.75, 3.05) is 13.7 Å². The van der Waals surface area contributed by atoms with Crippen molar-refractivity contribution in [3.05, 3.63) is 34.9 Å². The summed E-state index contributed by atoms with van der Waals surface area (Å²) in [6.07, 6.45) is 10.4. The Bertz CT molecular complexity index is 653. The van der Waals surface area contributed by atoms with Gasteiger partial charge in [0.2, 0.25) is 0 Å². The zero-order valence-electron chi connectivity index (χ0n) is 17.5. The van der Waals surface area contributed by atoms with E-state index in [0.717, 1.165) is 5.57 Å². The average molecular weight is 359 g/mol. The summed E-state index contributed by atoms with van der Waals surface area (Å²) in [5.74, 6) is 6.14. The minimum absolute atomic E-state index is 0.205. The topological polar surface area (TPSA) is 35.5 Å². The molecule has 3 nitrogen and oxygen atoms in total. The summed E-state index contributed by atoms with van der Waals surface area (Å²) in [6.45, 7) is 12.5. The van der Waals surface area contributed by atoms with Crippen LogP contribution >= 0.6 is 0 Å². The lowest BCUT2D eigenvalue weighted by molar-refractivity contribution is -0.139. The number of esters is 1. The van der Waals surface area contributed by atoms with Crippen LogP contribution in [0.25, 0.3) is 0 Å². The van der Waals surface area contributed by atoms with Crippen molar-refractivity contribution in [1.82, 2.24) is 0 Å². The highest BCUT2D eigenvalue weighted by atomic mass is 16.5. The lowest BCUT2D eigenvalue weighted by Crippen LogP contribution is -2.24. The minimum Gasteiger partial charge on any atom is -0.462 e. The second kappa shape index (κ2) is 9.78. The van der Waals surface area contributed by atoms with Crippen LogP contribution in [0.3, 0.4) is 0 Å². The van der Waals surface area contributed by atoms with Gasteiger partial charge in [-0.15, -0.1) is 0 Å². The molecule has 1 atom stereocenters. The molecule has 0 spiro atoms. The molecular formula is C23H34O3. The number of hydrogen-bond donors (Lipinski definition) is 0. The normalized spacial score (nSPS) is 19.7. The van der Waals surface area contributed by atoms with Gasteiger partial charge in [-0.2, -0.15) is 0 Å². The number of rotatable bonds is 6. The van der Waals surface area contributed by atoms with Gasteiger partial charge in [-0.25, -0.2) is 0 Å². The van der Waals surface area contributed by atoms with Crippen LogP contribution in [0.1, 0.15) is 67.2 Å². The molecule has 0 aromatic heterocycles. The molecule has 0 radical (unpaired) electrons. The van der Waals surface area contributed by atoms with Crippen LogP contribution in [0.15, 0.2) is 34.9 Å². The summed E-state index contributed by atoms with van der Waals surface area (Å²) in [4.78, 5) is 10.8. The van der Waals surface area contributed by atoms with Crippen LogP contribution in [0.5, 0.6) is 0 Å². The van der Waals surface area contributed by atoms with E-state index in [2.05, 4.69) is 44.8 Å². The van der Waals surface area contributed by atoms with Crippen molar-refractivity contribution in [3.8, 4) is 11.8 Å². The van der Waals surface area contributed by atoms with Crippen LogP contribution < -0.4 is 0 Å². The summed E-state index contributed by atoms with van der Waals surface area (Å²) >= 11 is 0. The van der Waals surface area contributed by atoms with Crippen LogP contribution in [-0.4, -0.2) is 25.3 Å². The molecule has 0 aliphatic heterocycles. The molecule has 0 saturated heterocycles. The van der Waals surface area contributed by atoms with E-state index in [4.69, 9.17) is 9.47 Å². The number of allylic oxidation sites excluding steroid dienone is 4. The van der Waals surface area contributed by atoms with Crippen molar-refractivity contribution in [2.45, 2.75) is 72.8 Å². The third-order valence-electron chi connectivity index (χ3n) is 4.96. The summed E-state index contributed by atoms with van der Waals surface area (Å²) in [5.41, 5.74) is 3.54. The first kappa shape index (κ1) is 22.3. The van der Waals surface area contributed by atoms with Gasteiger partial charge in [-0.3, -0.25) is 4.79 Å². The van der Waals surface area contributed by atoms with Crippen LogP contribution in [0.2, 0.25) is 0 Å². The Morgan fingerprint density at radius 1 is 1.35 bits per heavy atom. The minimum atomic E-state index is -0.614. The first-order chi connectivity index (χ1) is 12.1. The van der Waals surface area contributed by atoms with Gasteiger partial charge in [0, 0.05) is 20.5 Å². The van der Waals surface area contributed by atoms with Crippen molar-refractivity contribution in [3.63, 3.8) is 0 Å². The molecule has 0 amide bonds. The fourth-order valence-corrected chi connectivity index (χ4v) is 3.15. The Hall–Kier alpha value is -1.79. The molecule has 0 saturated carbocycles. The second-order valence-electron chi connectivity index (χ2n) is 7.91. The number of ether oxygens (including phenoxy) is 2. The summed E-state index contributed by atoms with van der Waals surface area (Å²) in [5, 5.41) is 0. The van der Waals surface area contributed by atoms with Crippen LogP contribution in [0, 0.1) is 17.3 Å². The molecule has 0 N–H and O–H groups in total. The molecular weight excluding hydrogens is 324 g/mol. The predicted octanol–water partition coefficient (Wildman–Crippen LogP) is 5.38. The van der Waals surface area contributed by atoms with Crippen molar-refractivity contribution < 1.29 is 14.3 Å². The number of carbonyl (C=O) groups excluding carboxylic acids is 1. The van der Waals surface area contributed by atoms with Crippen molar-refractivity contribution in [2.24, 2.45) is 5.41 Å². The third-order valence-corrected chi connectivity index (χ3v) is 4.96. The largest absolute Gasteiger partial charge is 0.462 e. The zero-order chi connectivity index (χ0) is 19.8. The van der Waals surface area contributed by atoms with E-state index in [-0.39, 0.29) is 11.4 Å². The average Bonchev–Trinajstić information content (AvgIpc) is 2.53. The van der Waals surface area contributed by atoms with Gasteiger partial charge in [0.1, 0.15) is 12.2 Å². The second-order valence-corrected chi connectivity index (χ2v) is 7.91. The highest BCUT2D eigenvalue weighted by molar-refractivity contribution is 5.66. The smallest absolute Gasteiger partial charge is 0.302 e. The van der Waals surface area contributed by atoms with Gasteiger partial charge >= 0.3 is 5.97 Å². The molecule has 1 aliphatic rings. The monoisotopic (exact) mass is 358 g/mol. The standard InChI is InChI=1S/C23H34O3/c1-18(13-17-26-20(3)24)10-8-15-23(6,25-7)16-12-21-19(2)11-9-14-22(21,4)5/h12-13,16H,9-11,14,17H2,1-7H3/b16-12+,18-13+. The predicted molar refractivity (Wildman–Crippen MR) is 108 cm³/mol. The Morgan fingerprint density at radius 2 is 2.04 bits per heavy atom. The van der Waals surface area contributed by atoms with Gasteiger partial charge in [0.25, 0.3) is 0 Å². The molecule has 26 heavy (non-hydrogen) atoms. The molecule has 1 rings (SSSR count). The SMILES string of the molecule is COC(C)(C#CC/C(C)=C/COC(C)=O)/C=C/C1=C(C)CCCC1(C)C. The maximum Gasteiger partial charge on any atom is 0.302 e. The first-order valence-corrected chi connectivity index (χ1v) is 9.33. The quantitative estimate of drug-likeness (QED) is 0.363. The molecule has 144 valence electrons. The van der Waals surface area contributed by atoms with Crippen molar-refractivity contribution >= 4 is 5.97 Å². The molecule has 1 unspecified atom stereocenters. The van der Waals surface area contributed by atoms with Crippen LogP contribution in [0.4, 0.5) is 0 Å². The summed E-state index contributed by atoms with van der Waals surface area (Å²) in [6, 6.07) is 0. The molecule has 1 aliphatic carbocycles. The van der Waals surface area contributed by atoms with E-state index in [0.29, 0.717) is 13.0 Å². The van der Waals surface area contributed by atoms with E-state index in [1.807, 2.05) is 19.9 Å². The van der Waals surface area contributed by atoms with Gasteiger partial charge in [0.15, 0.2) is 0 Å². The maximum atomic E-state index is 10.8. The summed E-state index contributed by atoms with van der Waals surface area (Å²) < 4.78 is 10.6. The molecule has 3 heteroatoms. The highest BCUT2D eigenvalue weighted by Gasteiger charge is 2.27. The Kier molecular flexibility index (Phi) is 8.37. The Balaban J connectivity index is 2.82. The molecule has 0 aromatic rings. The number of carbonyl (C=O) groups is 1. The fraction of sp³-hybridized carbons (Fsp3) is 0.609. The third kappa shape index (κ3) is 7.22. The lowest BCUT2D eigenvalue weighted by atomic mass is 9.72. The Morgan fingerprint density at radius 3 is 2.62 bits per heavy atom. The van der Waals surface area contributed by atoms with Gasteiger partial charge in [-0.05, 0) is 63.2 Å². The molecule has 0 bridgehead atoms.